The maximum Gasteiger partial charge on any atom is 0.242 e. The van der Waals surface area contributed by atoms with Crippen LogP contribution in [0.3, 0.4) is 0 Å². The average molecular weight is 226 g/mol. The molecule has 1 rings (SSSR count). The maximum atomic E-state index is 12.0. The monoisotopic (exact) mass is 226 g/mol. The molecule has 1 amide bonds. The standard InChI is InChI=1S/C13H26N2O/c1-5-10-6-8-11(9-7-10)15(4)12(16)13(2,3)14/h10-11H,5-9,14H2,1-4H3. The molecule has 1 aliphatic carbocycles. The second-order valence-corrected chi connectivity index (χ2v) is 5.72. The molecule has 1 fully saturated rings. The molecule has 1 saturated carbocycles. The summed E-state index contributed by atoms with van der Waals surface area (Å²) in [5.41, 5.74) is 5.11. The minimum atomic E-state index is -0.740. The molecule has 0 spiro atoms. The summed E-state index contributed by atoms with van der Waals surface area (Å²) in [6.45, 7) is 5.82. The lowest BCUT2D eigenvalue weighted by atomic mass is 9.83. The van der Waals surface area contributed by atoms with Crippen molar-refractivity contribution in [3.8, 4) is 0 Å². The zero-order valence-corrected chi connectivity index (χ0v) is 11.1. The van der Waals surface area contributed by atoms with Gasteiger partial charge in [-0.25, -0.2) is 0 Å². The molecule has 0 aromatic rings. The quantitative estimate of drug-likeness (QED) is 0.801. The third kappa shape index (κ3) is 3.21. The Morgan fingerprint density at radius 2 is 1.81 bits per heavy atom. The van der Waals surface area contributed by atoms with Crippen molar-refractivity contribution in [2.24, 2.45) is 11.7 Å². The summed E-state index contributed by atoms with van der Waals surface area (Å²) < 4.78 is 0. The smallest absolute Gasteiger partial charge is 0.242 e. The summed E-state index contributed by atoms with van der Waals surface area (Å²) in [7, 11) is 1.90. The van der Waals surface area contributed by atoms with Gasteiger partial charge in [0, 0.05) is 13.1 Å². The number of carbonyl (C=O) groups is 1. The molecule has 1 aliphatic rings. The molecular weight excluding hydrogens is 200 g/mol. The first-order valence-corrected chi connectivity index (χ1v) is 6.42. The third-order valence-corrected chi connectivity index (χ3v) is 3.81. The van der Waals surface area contributed by atoms with Gasteiger partial charge in [0.1, 0.15) is 0 Å². The highest BCUT2D eigenvalue weighted by molar-refractivity contribution is 5.85. The Hall–Kier alpha value is -0.570. The van der Waals surface area contributed by atoms with Gasteiger partial charge in [0.15, 0.2) is 0 Å². The first kappa shape index (κ1) is 13.5. The van der Waals surface area contributed by atoms with Gasteiger partial charge in [-0.1, -0.05) is 13.3 Å². The van der Waals surface area contributed by atoms with E-state index in [0.717, 1.165) is 18.8 Å². The van der Waals surface area contributed by atoms with Crippen LogP contribution in [0.2, 0.25) is 0 Å². The Labute approximate surface area is 99.4 Å². The van der Waals surface area contributed by atoms with Crippen LogP contribution in [-0.4, -0.2) is 29.4 Å². The number of nitrogens with zero attached hydrogens (tertiary/aromatic N) is 1. The molecule has 0 bridgehead atoms. The molecule has 0 aromatic carbocycles. The van der Waals surface area contributed by atoms with E-state index >= 15 is 0 Å². The van der Waals surface area contributed by atoms with Crippen molar-refractivity contribution in [3.63, 3.8) is 0 Å². The predicted molar refractivity (Wildman–Crippen MR) is 67.1 cm³/mol. The fourth-order valence-electron chi connectivity index (χ4n) is 2.56. The van der Waals surface area contributed by atoms with Crippen molar-refractivity contribution in [2.75, 3.05) is 7.05 Å². The van der Waals surface area contributed by atoms with Gasteiger partial charge >= 0.3 is 0 Å². The van der Waals surface area contributed by atoms with Crippen molar-refractivity contribution in [2.45, 2.75) is 64.5 Å². The van der Waals surface area contributed by atoms with E-state index in [9.17, 15) is 4.79 Å². The summed E-state index contributed by atoms with van der Waals surface area (Å²) in [4.78, 5) is 13.9. The van der Waals surface area contributed by atoms with E-state index in [1.54, 1.807) is 13.8 Å². The molecule has 16 heavy (non-hydrogen) atoms. The van der Waals surface area contributed by atoms with Gasteiger partial charge < -0.3 is 10.6 Å². The summed E-state index contributed by atoms with van der Waals surface area (Å²) in [5.74, 6) is 0.929. The Balaban J connectivity index is 2.50. The van der Waals surface area contributed by atoms with E-state index in [1.807, 2.05) is 11.9 Å². The van der Waals surface area contributed by atoms with Crippen LogP contribution in [0, 0.1) is 5.92 Å². The minimum absolute atomic E-state index is 0.0625. The van der Waals surface area contributed by atoms with E-state index in [4.69, 9.17) is 5.73 Å². The number of amides is 1. The number of hydrogen-bond acceptors (Lipinski definition) is 2. The molecule has 0 radical (unpaired) electrons. The van der Waals surface area contributed by atoms with Gasteiger partial charge in [-0.2, -0.15) is 0 Å². The van der Waals surface area contributed by atoms with E-state index in [2.05, 4.69) is 6.92 Å². The Morgan fingerprint density at radius 1 is 1.31 bits per heavy atom. The maximum absolute atomic E-state index is 12.0. The van der Waals surface area contributed by atoms with Gasteiger partial charge in [-0.3, -0.25) is 4.79 Å². The summed E-state index contributed by atoms with van der Waals surface area (Å²) in [6, 6.07) is 0.401. The summed E-state index contributed by atoms with van der Waals surface area (Å²) in [6.07, 6.45) is 6.05. The predicted octanol–water partition coefficient (Wildman–Crippen LogP) is 2.15. The summed E-state index contributed by atoms with van der Waals surface area (Å²) in [5, 5.41) is 0. The van der Waals surface area contributed by atoms with Gasteiger partial charge in [0.25, 0.3) is 0 Å². The fraction of sp³-hybridized carbons (Fsp3) is 0.923. The van der Waals surface area contributed by atoms with Gasteiger partial charge in [0.2, 0.25) is 5.91 Å². The molecule has 0 heterocycles. The third-order valence-electron chi connectivity index (χ3n) is 3.81. The Bertz CT molecular complexity index is 237. The summed E-state index contributed by atoms with van der Waals surface area (Å²) >= 11 is 0. The molecule has 3 nitrogen and oxygen atoms in total. The Kier molecular flexibility index (Phi) is 4.36. The van der Waals surface area contributed by atoms with E-state index in [0.29, 0.717) is 6.04 Å². The van der Waals surface area contributed by atoms with Crippen LogP contribution in [0.25, 0.3) is 0 Å². The highest BCUT2D eigenvalue weighted by atomic mass is 16.2. The number of nitrogens with two attached hydrogens (primary N) is 1. The first-order chi connectivity index (χ1) is 7.36. The second-order valence-electron chi connectivity index (χ2n) is 5.72. The second kappa shape index (κ2) is 5.17. The lowest BCUT2D eigenvalue weighted by Crippen LogP contribution is -2.53. The zero-order valence-electron chi connectivity index (χ0n) is 11.1. The zero-order chi connectivity index (χ0) is 12.3. The molecule has 94 valence electrons. The van der Waals surface area contributed by atoms with Gasteiger partial charge in [-0.15, -0.1) is 0 Å². The van der Waals surface area contributed by atoms with Crippen molar-refractivity contribution in [1.29, 1.82) is 0 Å². The molecular formula is C13H26N2O. The van der Waals surface area contributed by atoms with Crippen LogP contribution in [0.15, 0.2) is 0 Å². The van der Waals surface area contributed by atoms with Crippen molar-refractivity contribution in [3.05, 3.63) is 0 Å². The molecule has 0 atom stereocenters. The van der Waals surface area contributed by atoms with Crippen molar-refractivity contribution < 1.29 is 4.79 Å². The van der Waals surface area contributed by atoms with E-state index < -0.39 is 5.54 Å². The number of carbonyl (C=O) groups excluding carboxylic acids is 1. The highest BCUT2D eigenvalue weighted by Crippen LogP contribution is 2.29. The number of likely N-dealkylation sites (N-methyl/N-ethyl adjacent to an activating group) is 1. The molecule has 0 aromatic heterocycles. The van der Waals surface area contributed by atoms with Crippen LogP contribution < -0.4 is 5.73 Å². The molecule has 0 unspecified atom stereocenters. The van der Waals surface area contributed by atoms with Crippen LogP contribution in [0.5, 0.6) is 0 Å². The molecule has 0 saturated heterocycles. The molecule has 3 heteroatoms. The van der Waals surface area contributed by atoms with Crippen LogP contribution in [0.1, 0.15) is 52.9 Å². The Morgan fingerprint density at radius 3 is 2.19 bits per heavy atom. The van der Waals surface area contributed by atoms with Gasteiger partial charge in [0.05, 0.1) is 5.54 Å². The topological polar surface area (TPSA) is 46.3 Å². The van der Waals surface area contributed by atoms with Crippen LogP contribution in [0.4, 0.5) is 0 Å². The van der Waals surface area contributed by atoms with Crippen molar-refractivity contribution in [1.82, 2.24) is 4.90 Å². The van der Waals surface area contributed by atoms with Crippen LogP contribution >= 0.6 is 0 Å². The minimum Gasteiger partial charge on any atom is -0.341 e. The lowest BCUT2D eigenvalue weighted by Gasteiger charge is -2.37. The number of rotatable bonds is 3. The van der Waals surface area contributed by atoms with E-state index in [1.165, 1.54) is 19.3 Å². The SMILES string of the molecule is CCC1CCC(N(C)C(=O)C(C)(C)N)CC1. The van der Waals surface area contributed by atoms with E-state index in [-0.39, 0.29) is 5.91 Å². The van der Waals surface area contributed by atoms with Crippen molar-refractivity contribution >= 4 is 5.91 Å². The molecule has 2 N–H and O–H groups in total. The normalized spacial score (nSPS) is 26.6. The van der Waals surface area contributed by atoms with Gasteiger partial charge in [-0.05, 0) is 45.4 Å². The lowest BCUT2D eigenvalue weighted by molar-refractivity contribution is -0.137. The molecule has 0 aliphatic heterocycles. The fourth-order valence-corrected chi connectivity index (χ4v) is 2.56. The highest BCUT2D eigenvalue weighted by Gasteiger charge is 2.31. The average Bonchev–Trinajstić information content (AvgIpc) is 2.26. The first-order valence-electron chi connectivity index (χ1n) is 6.42. The van der Waals surface area contributed by atoms with Crippen LogP contribution in [-0.2, 0) is 4.79 Å². The number of hydrogen-bond donors (Lipinski definition) is 1. The largest absolute Gasteiger partial charge is 0.341 e.